The van der Waals surface area contributed by atoms with Crippen LogP contribution < -0.4 is 10.6 Å². The molecule has 0 fully saturated rings. The molecule has 1 aromatic carbocycles. The van der Waals surface area contributed by atoms with Crippen molar-refractivity contribution in [1.29, 1.82) is 0 Å². The minimum atomic E-state index is 0.422. The van der Waals surface area contributed by atoms with Gasteiger partial charge in [-0.2, -0.15) is 0 Å². The lowest BCUT2D eigenvalue weighted by Gasteiger charge is -2.25. The van der Waals surface area contributed by atoms with Gasteiger partial charge in [0, 0.05) is 18.5 Å². The lowest BCUT2D eigenvalue weighted by molar-refractivity contribution is 0.601. The number of nitrogens with two attached hydrogens (primary N) is 1. The minimum Gasteiger partial charge on any atom is -0.462 e. The summed E-state index contributed by atoms with van der Waals surface area (Å²) in [6.07, 6.45) is 2.80. The Balaban J connectivity index is 2.32. The molecule has 0 radical (unpaired) electrons. The fourth-order valence-electron chi connectivity index (χ4n) is 1.91. The van der Waals surface area contributed by atoms with E-state index in [0.29, 0.717) is 12.6 Å². The third-order valence-electron chi connectivity index (χ3n) is 3.09. The molecule has 1 unspecified atom stereocenters. The van der Waals surface area contributed by atoms with Crippen molar-refractivity contribution in [2.75, 3.05) is 18.5 Å². The largest absolute Gasteiger partial charge is 0.462 e. The van der Waals surface area contributed by atoms with Crippen molar-refractivity contribution in [2.24, 2.45) is 5.73 Å². The van der Waals surface area contributed by atoms with Crippen LogP contribution in [0.15, 0.2) is 34.9 Å². The van der Waals surface area contributed by atoms with E-state index in [1.165, 1.54) is 0 Å². The fraction of sp³-hybridized carbons (Fsp3) is 0.385. The summed E-state index contributed by atoms with van der Waals surface area (Å²) >= 11 is 0. The first kappa shape index (κ1) is 11.0. The first-order chi connectivity index (χ1) is 7.74. The van der Waals surface area contributed by atoms with Crippen molar-refractivity contribution in [2.45, 2.75) is 19.4 Å². The molecule has 0 saturated heterocycles. The molecule has 1 aromatic heterocycles. The zero-order valence-corrected chi connectivity index (χ0v) is 9.81. The van der Waals surface area contributed by atoms with Gasteiger partial charge in [0.2, 0.25) is 0 Å². The molecule has 0 aliphatic carbocycles. The monoisotopic (exact) mass is 218 g/mol. The van der Waals surface area contributed by atoms with Gasteiger partial charge in [-0.1, -0.05) is 12.1 Å². The highest BCUT2D eigenvalue weighted by Gasteiger charge is 2.14. The Morgan fingerprint density at radius 2 is 2.12 bits per heavy atom. The lowest BCUT2D eigenvalue weighted by atomic mass is 10.1. The van der Waals surface area contributed by atoms with Crippen molar-refractivity contribution in [1.82, 2.24) is 0 Å². The third-order valence-corrected chi connectivity index (χ3v) is 3.09. The maximum absolute atomic E-state index is 5.58. The van der Waals surface area contributed by atoms with Gasteiger partial charge in [-0.3, -0.25) is 0 Å². The van der Waals surface area contributed by atoms with Crippen LogP contribution in [0.5, 0.6) is 0 Å². The van der Waals surface area contributed by atoms with Gasteiger partial charge in [0.25, 0.3) is 0 Å². The third kappa shape index (κ3) is 1.91. The number of hydrogen-bond acceptors (Lipinski definition) is 3. The molecule has 0 saturated carbocycles. The van der Waals surface area contributed by atoms with Crippen LogP contribution in [0.1, 0.15) is 13.3 Å². The molecule has 2 aromatic rings. The van der Waals surface area contributed by atoms with Gasteiger partial charge in [0.1, 0.15) is 11.8 Å². The zero-order valence-electron chi connectivity index (χ0n) is 9.81. The first-order valence-electron chi connectivity index (χ1n) is 5.63. The van der Waals surface area contributed by atoms with Crippen LogP contribution in [0.25, 0.3) is 11.0 Å². The fourth-order valence-corrected chi connectivity index (χ4v) is 1.91. The van der Waals surface area contributed by atoms with E-state index < -0.39 is 0 Å². The second-order valence-corrected chi connectivity index (χ2v) is 4.15. The highest BCUT2D eigenvalue weighted by atomic mass is 16.3. The van der Waals surface area contributed by atoms with Gasteiger partial charge in [-0.05, 0) is 32.0 Å². The Bertz CT molecular complexity index is 464. The molecular formula is C13H18N2O. The molecule has 0 bridgehead atoms. The summed E-state index contributed by atoms with van der Waals surface area (Å²) in [5.41, 5.74) is 7.65. The molecule has 0 aliphatic rings. The minimum absolute atomic E-state index is 0.422. The van der Waals surface area contributed by atoms with Crippen LogP contribution in [0.3, 0.4) is 0 Å². The number of rotatable bonds is 4. The van der Waals surface area contributed by atoms with E-state index in [9.17, 15) is 0 Å². The van der Waals surface area contributed by atoms with Crippen LogP contribution in [0.4, 0.5) is 5.69 Å². The summed E-state index contributed by atoms with van der Waals surface area (Å²) in [5.74, 6) is 0. The highest BCUT2D eigenvalue weighted by Crippen LogP contribution is 2.29. The average Bonchev–Trinajstić information content (AvgIpc) is 2.72. The predicted octanol–water partition coefficient (Wildman–Crippen LogP) is 2.61. The molecule has 0 amide bonds. The van der Waals surface area contributed by atoms with E-state index >= 15 is 0 Å². The number of furan rings is 1. The maximum Gasteiger partial charge on any atom is 0.136 e. The van der Waals surface area contributed by atoms with E-state index in [4.69, 9.17) is 10.2 Å². The van der Waals surface area contributed by atoms with Crippen molar-refractivity contribution in [3.05, 3.63) is 30.5 Å². The quantitative estimate of drug-likeness (QED) is 0.857. The molecule has 0 aliphatic heterocycles. The SMILES string of the molecule is CC(CCN)N(C)c1coc2ccccc12. The zero-order chi connectivity index (χ0) is 11.5. The first-order valence-corrected chi connectivity index (χ1v) is 5.63. The summed E-state index contributed by atoms with van der Waals surface area (Å²) in [6.45, 7) is 2.88. The number of benzene rings is 1. The summed E-state index contributed by atoms with van der Waals surface area (Å²) in [6, 6.07) is 8.51. The second kappa shape index (κ2) is 4.58. The molecule has 2 N–H and O–H groups in total. The second-order valence-electron chi connectivity index (χ2n) is 4.15. The van der Waals surface area contributed by atoms with Crippen LogP contribution in [-0.2, 0) is 0 Å². The smallest absolute Gasteiger partial charge is 0.136 e. The van der Waals surface area contributed by atoms with Gasteiger partial charge in [0.15, 0.2) is 0 Å². The number of nitrogens with zero attached hydrogens (tertiary/aromatic N) is 1. The van der Waals surface area contributed by atoms with E-state index in [2.05, 4.69) is 24.9 Å². The van der Waals surface area contributed by atoms with Crippen LogP contribution in [-0.4, -0.2) is 19.6 Å². The van der Waals surface area contributed by atoms with Gasteiger partial charge in [-0.15, -0.1) is 0 Å². The summed E-state index contributed by atoms with van der Waals surface area (Å²) < 4.78 is 5.53. The topological polar surface area (TPSA) is 42.4 Å². The maximum atomic E-state index is 5.58. The molecular weight excluding hydrogens is 200 g/mol. The predicted molar refractivity (Wildman–Crippen MR) is 67.8 cm³/mol. The molecule has 86 valence electrons. The van der Waals surface area contributed by atoms with Crippen LogP contribution in [0, 0.1) is 0 Å². The molecule has 1 heterocycles. The number of hydrogen-bond donors (Lipinski definition) is 1. The Hall–Kier alpha value is -1.48. The van der Waals surface area contributed by atoms with Crippen LogP contribution in [0.2, 0.25) is 0 Å². The van der Waals surface area contributed by atoms with E-state index in [1.54, 1.807) is 0 Å². The highest BCUT2D eigenvalue weighted by molar-refractivity contribution is 5.90. The Kier molecular flexibility index (Phi) is 3.15. The molecule has 3 heteroatoms. The lowest BCUT2D eigenvalue weighted by Crippen LogP contribution is -2.30. The molecule has 1 atom stereocenters. The van der Waals surface area contributed by atoms with E-state index in [-0.39, 0.29) is 0 Å². The Labute approximate surface area is 95.8 Å². The normalized spacial score (nSPS) is 12.9. The Morgan fingerprint density at radius 3 is 2.88 bits per heavy atom. The van der Waals surface area contributed by atoms with Gasteiger partial charge in [-0.25, -0.2) is 0 Å². The van der Waals surface area contributed by atoms with Gasteiger partial charge < -0.3 is 15.1 Å². The van der Waals surface area contributed by atoms with Gasteiger partial charge in [0.05, 0.1) is 5.69 Å². The number of anilines is 1. The summed E-state index contributed by atoms with van der Waals surface area (Å²) in [7, 11) is 2.08. The molecule has 3 nitrogen and oxygen atoms in total. The number of para-hydroxylation sites is 1. The van der Waals surface area contributed by atoms with Crippen molar-refractivity contribution < 1.29 is 4.42 Å². The molecule has 16 heavy (non-hydrogen) atoms. The molecule has 0 spiro atoms. The van der Waals surface area contributed by atoms with Gasteiger partial charge >= 0.3 is 0 Å². The van der Waals surface area contributed by atoms with E-state index in [0.717, 1.165) is 23.1 Å². The standard InChI is InChI=1S/C13H18N2O/c1-10(7-8-14)15(2)12-9-16-13-6-4-3-5-11(12)13/h3-6,9-10H,7-8,14H2,1-2H3. The average molecular weight is 218 g/mol. The summed E-state index contributed by atoms with van der Waals surface area (Å²) in [5, 5.41) is 1.16. The van der Waals surface area contributed by atoms with E-state index in [1.807, 2.05) is 24.5 Å². The number of fused-ring (bicyclic) bond motifs is 1. The van der Waals surface area contributed by atoms with Crippen molar-refractivity contribution in [3.63, 3.8) is 0 Å². The van der Waals surface area contributed by atoms with Crippen molar-refractivity contribution in [3.8, 4) is 0 Å². The van der Waals surface area contributed by atoms with Crippen molar-refractivity contribution >= 4 is 16.7 Å². The Morgan fingerprint density at radius 1 is 1.38 bits per heavy atom. The molecule has 2 rings (SSSR count). The van der Waals surface area contributed by atoms with Crippen LogP contribution >= 0.6 is 0 Å². The summed E-state index contributed by atoms with van der Waals surface area (Å²) in [4.78, 5) is 2.22.